The number of thiophene rings is 1. The molecule has 0 aromatic carbocycles. The smallest absolute Gasteiger partial charge is 0.417 e. The normalized spacial score (nSPS) is 13.1. The number of carboxylic acid groups (broad SMARTS) is 1. The third-order valence-corrected chi connectivity index (χ3v) is 3.82. The van der Waals surface area contributed by atoms with E-state index in [1.807, 2.05) is 0 Å². The first-order chi connectivity index (χ1) is 9.70. The van der Waals surface area contributed by atoms with Crippen LogP contribution in [-0.4, -0.2) is 28.0 Å². The summed E-state index contributed by atoms with van der Waals surface area (Å²) in [4.78, 5) is 26.2. The van der Waals surface area contributed by atoms with Crippen LogP contribution in [0.4, 0.5) is 13.2 Å². The molecule has 112 valence electrons. The number of fused-ring (bicyclic) bond motifs is 1. The fraction of sp³-hybridized carbons (Fsp3) is 0.250. The van der Waals surface area contributed by atoms with Crippen LogP contribution in [0.3, 0.4) is 0 Å². The number of carboxylic acids is 1. The van der Waals surface area contributed by atoms with Crippen LogP contribution < -0.4 is 5.32 Å². The molecule has 0 bridgehead atoms. The van der Waals surface area contributed by atoms with Gasteiger partial charge in [0, 0.05) is 6.20 Å². The molecule has 1 amide bonds. The minimum Gasteiger partial charge on any atom is -0.480 e. The summed E-state index contributed by atoms with van der Waals surface area (Å²) in [5, 5.41) is 10.9. The summed E-state index contributed by atoms with van der Waals surface area (Å²) < 4.78 is 38.4. The highest BCUT2D eigenvalue weighted by molar-refractivity contribution is 7.21. The number of alkyl halides is 3. The zero-order valence-electron chi connectivity index (χ0n) is 10.6. The van der Waals surface area contributed by atoms with Gasteiger partial charge >= 0.3 is 12.1 Å². The van der Waals surface area contributed by atoms with Gasteiger partial charge in [0.1, 0.15) is 6.04 Å². The Morgan fingerprint density at radius 1 is 1.43 bits per heavy atom. The first-order valence-corrected chi connectivity index (χ1v) is 6.51. The molecule has 2 aromatic heterocycles. The zero-order chi connectivity index (χ0) is 15.8. The quantitative estimate of drug-likeness (QED) is 0.911. The Kier molecular flexibility index (Phi) is 3.86. The number of carbonyl (C=O) groups is 2. The Hall–Kier alpha value is -2.16. The van der Waals surface area contributed by atoms with Gasteiger partial charge in [-0.15, -0.1) is 11.3 Å². The van der Waals surface area contributed by atoms with Gasteiger partial charge in [0.15, 0.2) is 0 Å². The van der Waals surface area contributed by atoms with Crippen LogP contribution in [0, 0.1) is 0 Å². The molecule has 0 saturated carbocycles. The average molecular weight is 318 g/mol. The molecule has 0 aliphatic carbocycles. The molecule has 5 nitrogen and oxygen atoms in total. The lowest BCUT2D eigenvalue weighted by Gasteiger charge is -2.07. The second-order valence-electron chi connectivity index (χ2n) is 4.21. The van der Waals surface area contributed by atoms with Gasteiger partial charge in [0.2, 0.25) is 0 Å². The minimum atomic E-state index is -4.55. The SMILES string of the molecule is CC(NC(=O)c1cc2nccc(C(F)(F)F)c2s1)C(=O)O. The molecule has 9 heteroatoms. The summed E-state index contributed by atoms with van der Waals surface area (Å²) in [6, 6.07) is 0.900. The van der Waals surface area contributed by atoms with Crippen molar-refractivity contribution < 1.29 is 27.9 Å². The van der Waals surface area contributed by atoms with E-state index in [4.69, 9.17) is 5.11 Å². The predicted octanol–water partition coefficient (Wildman–Crippen LogP) is 2.52. The molecule has 21 heavy (non-hydrogen) atoms. The summed E-state index contributed by atoms with van der Waals surface area (Å²) in [7, 11) is 0. The van der Waals surface area contributed by atoms with Gasteiger partial charge < -0.3 is 10.4 Å². The van der Waals surface area contributed by atoms with Crippen LogP contribution in [-0.2, 0) is 11.0 Å². The molecule has 2 N–H and O–H groups in total. The highest BCUT2D eigenvalue weighted by Crippen LogP contribution is 2.37. The van der Waals surface area contributed by atoms with E-state index in [2.05, 4.69) is 10.3 Å². The highest BCUT2D eigenvalue weighted by Gasteiger charge is 2.34. The molecule has 0 fully saturated rings. The van der Waals surface area contributed by atoms with E-state index in [0.717, 1.165) is 12.3 Å². The molecule has 1 atom stereocenters. The topological polar surface area (TPSA) is 79.3 Å². The molecule has 2 aromatic rings. The summed E-state index contributed by atoms with van der Waals surface area (Å²) in [5.74, 6) is -1.99. The third-order valence-electron chi connectivity index (χ3n) is 2.66. The number of aromatic nitrogens is 1. The number of halogens is 3. The molecule has 0 aliphatic rings. The largest absolute Gasteiger partial charge is 0.480 e. The maximum atomic E-state index is 12.8. The first kappa shape index (κ1) is 15.2. The average Bonchev–Trinajstić information content (AvgIpc) is 2.80. The van der Waals surface area contributed by atoms with Crippen molar-refractivity contribution in [2.75, 3.05) is 0 Å². The van der Waals surface area contributed by atoms with Crippen molar-refractivity contribution in [2.45, 2.75) is 19.1 Å². The van der Waals surface area contributed by atoms with Crippen LogP contribution in [0.15, 0.2) is 18.3 Å². The standard InChI is InChI=1S/C12H9F3N2O3S/c1-5(11(19)20)17-10(18)8-4-7-9(21-8)6(2-3-16-7)12(13,14)15/h2-5H,1H3,(H,17,18)(H,19,20). The number of rotatable bonds is 3. The van der Waals surface area contributed by atoms with Gasteiger partial charge in [-0.25, -0.2) is 0 Å². The predicted molar refractivity (Wildman–Crippen MR) is 69.2 cm³/mol. The van der Waals surface area contributed by atoms with Crippen LogP contribution in [0.25, 0.3) is 10.2 Å². The van der Waals surface area contributed by atoms with E-state index in [0.29, 0.717) is 11.3 Å². The number of nitrogens with zero attached hydrogens (tertiary/aromatic N) is 1. The number of carbonyl (C=O) groups excluding carboxylic acids is 1. The lowest BCUT2D eigenvalue weighted by atomic mass is 10.2. The fourth-order valence-corrected chi connectivity index (χ4v) is 2.65. The van der Waals surface area contributed by atoms with Gasteiger partial charge in [0.05, 0.1) is 20.7 Å². The molecule has 0 aliphatic heterocycles. The molecular weight excluding hydrogens is 309 g/mol. The van der Waals surface area contributed by atoms with E-state index in [-0.39, 0.29) is 15.1 Å². The van der Waals surface area contributed by atoms with Gasteiger partial charge in [0.25, 0.3) is 5.91 Å². The Balaban J connectivity index is 2.40. The van der Waals surface area contributed by atoms with Crippen LogP contribution >= 0.6 is 11.3 Å². The van der Waals surface area contributed by atoms with Crippen molar-refractivity contribution >= 4 is 33.4 Å². The molecule has 0 saturated heterocycles. The maximum absolute atomic E-state index is 12.8. The van der Waals surface area contributed by atoms with Crippen molar-refractivity contribution in [1.29, 1.82) is 0 Å². The first-order valence-electron chi connectivity index (χ1n) is 5.69. The van der Waals surface area contributed by atoms with Crippen LogP contribution in [0.2, 0.25) is 0 Å². The minimum absolute atomic E-state index is 0.0256. The van der Waals surface area contributed by atoms with Crippen LogP contribution in [0.5, 0.6) is 0 Å². The summed E-state index contributed by atoms with van der Waals surface area (Å²) in [6.45, 7) is 1.26. The molecular formula is C12H9F3N2O3S. The Bertz CT molecular complexity index is 711. The van der Waals surface area contributed by atoms with Crippen LogP contribution in [0.1, 0.15) is 22.2 Å². The number of hydrogen-bond acceptors (Lipinski definition) is 4. The number of nitrogens with one attached hydrogen (secondary N) is 1. The lowest BCUT2D eigenvalue weighted by Crippen LogP contribution is -2.37. The number of amides is 1. The Morgan fingerprint density at radius 2 is 2.10 bits per heavy atom. The van der Waals surface area contributed by atoms with E-state index >= 15 is 0 Å². The molecule has 0 spiro atoms. The maximum Gasteiger partial charge on any atom is 0.417 e. The Morgan fingerprint density at radius 3 is 2.67 bits per heavy atom. The zero-order valence-corrected chi connectivity index (χ0v) is 11.4. The number of hydrogen-bond donors (Lipinski definition) is 2. The van der Waals surface area contributed by atoms with E-state index in [9.17, 15) is 22.8 Å². The van der Waals surface area contributed by atoms with Crippen molar-refractivity contribution in [3.8, 4) is 0 Å². The Labute approximate surface area is 120 Å². The monoisotopic (exact) mass is 318 g/mol. The molecule has 1 unspecified atom stereocenters. The highest BCUT2D eigenvalue weighted by atomic mass is 32.1. The third kappa shape index (κ3) is 3.13. The number of aliphatic carboxylic acids is 1. The van der Waals surface area contributed by atoms with Crippen molar-refractivity contribution in [2.24, 2.45) is 0 Å². The van der Waals surface area contributed by atoms with Crippen molar-refractivity contribution in [1.82, 2.24) is 10.3 Å². The van der Waals surface area contributed by atoms with E-state index in [1.54, 1.807) is 0 Å². The van der Waals surface area contributed by atoms with E-state index in [1.165, 1.54) is 13.0 Å². The van der Waals surface area contributed by atoms with Crippen molar-refractivity contribution in [3.63, 3.8) is 0 Å². The summed E-state index contributed by atoms with van der Waals surface area (Å²) in [6.07, 6.45) is -3.53. The molecule has 2 heterocycles. The van der Waals surface area contributed by atoms with Gasteiger partial charge in [-0.1, -0.05) is 0 Å². The second kappa shape index (κ2) is 5.32. The van der Waals surface area contributed by atoms with E-state index < -0.39 is 29.7 Å². The molecule has 0 radical (unpaired) electrons. The fourth-order valence-electron chi connectivity index (χ4n) is 1.60. The van der Waals surface area contributed by atoms with Gasteiger partial charge in [-0.05, 0) is 19.1 Å². The lowest BCUT2D eigenvalue weighted by molar-refractivity contribution is -0.139. The summed E-state index contributed by atoms with van der Waals surface area (Å²) in [5.41, 5.74) is -0.828. The summed E-state index contributed by atoms with van der Waals surface area (Å²) >= 11 is 0.625. The number of pyridine rings is 1. The molecule has 2 rings (SSSR count). The van der Waals surface area contributed by atoms with Gasteiger partial charge in [-0.2, -0.15) is 13.2 Å². The second-order valence-corrected chi connectivity index (χ2v) is 5.27. The van der Waals surface area contributed by atoms with Gasteiger partial charge in [-0.3, -0.25) is 14.6 Å². The van der Waals surface area contributed by atoms with Crippen molar-refractivity contribution in [3.05, 3.63) is 28.8 Å².